The van der Waals surface area contributed by atoms with E-state index in [1.54, 1.807) is 7.05 Å². The number of nitrogens with one attached hydrogen (secondary N) is 2. The minimum absolute atomic E-state index is 0. The second-order valence-electron chi connectivity index (χ2n) is 6.04. The van der Waals surface area contributed by atoms with Crippen molar-refractivity contribution in [2.45, 2.75) is 25.9 Å². The van der Waals surface area contributed by atoms with Crippen molar-refractivity contribution >= 4 is 40.0 Å². The molecule has 2 rings (SSSR count). The molecule has 7 nitrogen and oxygen atoms in total. The number of para-hydroxylation sites is 1. The summed E-state index contributed by atoms with van der Waals surface area (Å²) in [6, 6.07) is 8.08. The molecule has 0 aliphatic carbocycles. The zero-order valence-electron chi connectivity index (χ0n) is 15.6. The van der Waals surface area contributed by atoms with E-state index in [0.29, 0.717) is 38.6 Å². The third kappa shape index (κ3) is 6.92. The zero-order chi connectivity index (χ0) is 18.3. The van der Waals surface area contributed by atoms with Gasteiger partial charge in [0.1, 0.15) is 11.9 Å². The first-order valence-corrected chi connectivity index (χ1v) is 10.4. The highest BCUT2D eigenvalue weighted by Crippen LogP contribution is 2.27. The van der Waals surface area contributed by atoms with Gasteiger partial charge in [0.05, 0.1) is 12.8 Å². The molecule has 0 aromatic heterocycles. The summed E-state index contributed by atoms with van der Waals surface area (Å²) in [6.45, 7) is 4.15. The number of ether oxygens (including phenoxy) is 1. The topological polar surface area (TPSA) is 83.0 Å². The Morgan fingerprint density at radius 2 is 2.08 bits per heavy atom. The van der Waals surface area contributed by atoms with Crippen molar-refractivity contribution in [2.24, 2.45) is 4.99 Å². The fraction of sp³-hybridized carbons (Fsp3) is 0.588. The molecule has 0 saturated heterocycles. The highest BCUT2D eigenvalue weighted by molar-refractivity contribution is 14.0. The highest BCUT2D eigenvalue weighted by Gasteiger charge is 2.22. The van der Waals surface area contributed by atoms with Gasteiger partial charge in [0, 0.05) is 33.1 Å². The maximum Gasteiger partial charge on any atom is 0.211 e. The number of sulfonamides is 1. The van der Waals surface area contributed by atoms with Gasteiger partial charge in [-0.25, -0.2) is 12.7 Å². The maximum absolute atomic E-state index is 11.5. The average Bonchev–Trinajstić information content (AvgIpc) is 2.99. The molecule has 148 valence electrons. The minimum atomic E-state index is -3.13. The molecule has 1 unspecified atom stereocenters. The zero-order valence-corrected chi connectivity index (χ0v) is 18.7. The van der Waals surface area contributed by atoms with Crippen LogP contribution in [0.3, 0.4) is 0 Å². The van der Waals surface area contributed by atoms with Crippen LogP contribution in [-0.2, 0) is 16.4 Å². The van der Waals surface area contributed by atoms with Gasteiger partial charge >= 0.3 is 0 Å². The first kappa shape index (κ1) is 23.0. The Morgan fingerprint density at radius 1 is 1.35 bits per heavy atom. The van der Waals surface area contributed by atoms with Crippen LogP contribution in [0.15, 0.2) is 29.3 Å². The number of benzene rings is 1. The van der Waals surface area contributed by atoms with Gasteiger partial charge in [-0.1, -0.05) is 25.1 Å². The summed E-state index contributed by atoms with van der Waals surface area (Å²) in [7, 11) is -1.41. The Balaban J connectivity index is 0.00000338. The lowest BCUT2D eigenvalue weighted by Crippen LogP contribution is -2.43. The van der Waals surface area contributed by atoms with Gasteiger partial charge in [-0.15, -0.1) is 24.0 Å². The number of nitrogens with zero attached hydrogens (tertiary/aromatic N) is 2. The smallest absolute Gasteiger partial charge is 0.211 e. The van der Waals surface area contributed by atoms with Crippen LogP contribution in [-0.4, -0.2) is 64.3 Å². The van der Waals surface area contributed by atoms with E-state index in [0.717, 1.165) is 12.2 Å². The van der Waals surface area contributed by atoms with Crippen molar-refractivity contribution < 1.29 is 13.2 Å². The first-order valence-electron chi connectivity index (χ1n) is 8.58. The molecule has 1 heterocycles. The second kappa shape index (κ2) is 10.9. The van der Waals surface area contributed by atoms with Crippen LogP contribution >= 0.6 is 24.0 Å². The molecule has 0 spiro atoms. The predicted molar refractivity (Wildman–Crippen MR) is 116 cm³/mol. The largest absolute Gasteiger partial charge is 0.488 e. The van der Waals surface area contributed by atoms with Crippen molar-refractivity contribution in [3.63, 3.8) is 0 Å². The molecule has 0 fully saturated rings. The normalized spacial score (nSPS) is 16.6. The van der Waals surface area contributed by atoms with E-state index in [-0.39, 0.29) is 30.1 Å². The summed E-state index contributed by atoms with van der Waals surface area (Å²) in [5, 5.41) is 6.47. The minimum Gasteiger partial charge on any atom is -0.488 e. The monoisotopic (exact) mass is 496 g/mol. The number of hydrogen-bond acceptors (Lipinski definition) is 4. The maximum atomic E-state index is 11.5. The van der Waals surface area contributed by atoms with Crippen LogP contribution in [0.2, 0.25) is 0 Å². The number of fused-ring (bicyclic) bond motifs is 1. The number of rotatable bonds is 8. The van der Waals surface area contributed by atoms with Crippen LogP contribution < -0.4 is 15.4 Å². The van der Waals surface area contributed by atoms with Crippen LogP contribution in [0, 0.1) is 0 Å². The summed E-state index contributed by atoms with van der Waals surface area (Å²) >= 11 is 0. The Hall–Kier alpha value is -1.07. The predicted octanol–water partition coefficient (Wildman–Crippen LogP) is 1.44. The summed E-state index contributed by atoms with van der Waals surface area (Å²) in [5.74, 6) is 1.65. The Labute approximate surface area is 173 Å². The van der Waals surface area contributed by atoms with E-state index in [2.05, 4.69) is 21.7 Å². The number of hydrogen-bond donors (Lipinski definition) is 2. The molecule has 1 aliphatic rings. The van der Waals surface area contributed by atoms with Crippen molar-refractivity contribution in [2.75, 3.05) is 39.5 Å². The molecule has 26 heavy (non-hydrogen) atoms. The summed E-state index contributed by atoms with van der Waals surface area (Å²) in [6.07, 6.45) is 2.94. The SMILES string of the molecule is CCN(CCCNC(=NC)NCC1Cc2ccccc2O1)S(C)(=O)=O.I. The Bertz CT molecular complexity index is 672. The lowest BCUT2D eigenvalue weighted by molar-refractivity contribution is 0.235. The molecule has 0 radical (unpaired) electrons. The van der Waals surface area contributed by atoms with E-state index < -0.39 is 10.0 Å². The van der Waals surface area contributed by atoms with Crippen molar-refractivity contribution in [3.8, 4) is 5.75 Å². The van der Waals surface area contributed by atoms with Gasteiger partial charge in [-0.2, -0.15) is 0 Å². The van der Waals surface area contributed by atoms with Gasteiger partial charge in [0.2, 0.25) is 10.0 Å². The molecule has 2 N–H and O–H groups in total. The van der Waals surface area contributed by atoms with Crippen LogP contribution in [0.25, 0.3) is 0 Å². The van der Waals surface area contributed by atoms with E-state index >= 15 is 0 Å². The van der Waals surface area contributed by atoms with Gasteiger partial charge in [-0.05, 0) is 18.1 Å². The fourth-order valence-corrected chi connectivity index (χ4v) is 3.75. The summed E-state index contributed by atoms with van der Waals surface area (Å²) in [5.41, 5.74) is 1.23. The van der Waals surface area contributed by atoms with Gasteiger partial charge in [0.15, 0.2) is 5.96 Å². The highest BCUT2D eigenvalue weighted by atomic mass is 127. The van der Waals surface area contributed by atoms with Crippen LogP contribution in [0.5, 0.6) is 5.75 Å². The molecular formula is C17H29IN4O3S. The molecule has 1 atom stereocenters. The molecule has 0 bridgehead atoms. The van der Waals surface area contributed by atoms with E-state index in [1.165, 1.54) is 16.1 Å². The number of guanidine groups is 1. The second-order valence-corrected chi connectivity index (χ2v) is 8.02. The Kier molecular flexibility index (Phi) is 9.66. The Morgan fingerprint density at radius 3 is 2.69 bits per heavy atom. The third-order valence-corrected chi connectivity index (χ3v) is 5.51. The van der Waals surface area contributed by atoms with Crippen molar-refractivity contribution in [3.05, 3.63) is 29.8 Å². The van der Waals surface area contributed by atoms with Crippen LogP contribution in [0.4, 0.5) is 0 Å². The molecular weight excluding hydrogens is 467 g/mol. The van der Waals surface area contributed by atoms with Crippen LogP contribution in [0.1, 0.15) is 18.9 Å². The van der Waals surface area contributed by atoms with Gasteiger partial charge in [-0.3, -0.25) is 4.99 Å². The molecule has 0 amide bonds. The number of halogens is 1. The van der Waals surface area contributed by atoms with E-state index in [9.17, 15) is 8.42 Å². The fourth-order valence-electron chi connectivity index (χ4n) is 2.82. The lowest BCUT2D eigenvalue weighted by Gasteiger charge is -2.19. The first-order chi connectivity index (χ1) is 11.9. The van der Waals surface area contributed by atoms with Gasteiger partial charge < -0.3 is 15.4 Å². The van der Waals surface area contributed by atoms with E-state index in [1.807, 2.05) is 25.1 Å². The molecule has 1 aliphatic heterocycles. The lowest BCUT2D eigenvalue weighted by atomic mass is 10.1. The summed E-state index contributed by atoms with van der Waals surface area (Å²) in [4.78, 5) is 4.19. The van der Waals surface area contributed by atoms with Crippen molar-refractivity contribution in [1.82, 2.24) is 14.9 Å². The number of aliphatic imine (C=N–C) groups is 1. The van der Waals surface area contributed by atoms with E-state index in [4.69, 9.17) is 4.74 Å². The quantitative estimate of drug-likeness (QED) is 0.247. The van der Waals surface area contributed by atoms with Gasteiger partial charge in [0.25, 0.3) is 0 Å². The van der Waals surface area contributed by atoms with Crippen molar-refractivity contribution in [1.29, 1.82) is 0 Å². The molecule has 9 heteroatoms. The summed E-state index contributed by atoms with van der Waals surface area (Å²) < 4.78 is 30.4. The molecule has 1 aromatic rings. The molecule has 0 saturated carbocycles. The molecule has 1 aromatic carbocycles. The third-order valence-electron chi connectivity index (χ3n) is 4.13. The average molecular weight is 496 g/mol. The standard InChI is InChI=1S/C17H28N4O3S.HI/c1-4-21(25(3,22)23)11-7-10-19-17(18-2)20-13-15-12-14-8-5-6-9-16(14)24-15;/h5-6,8-9,15H,4,7,10-13H2,1-3H3,(H2,18,19,20);1H.